The van der Waals surface area contributed by atoms with Crippen LogP contribution in [0.15, 0.2) is 42.9 Å². The van der Waals surface area contributed by atoms with Gasteiger partial charge in [0.05, 0.1) is 10.7 Å². The Morgan fingerprint density at radius 1 is 1.35 bits per heavy atom. The SMILES string of the molecule is CN(C)c1ncc(-c2ccc(Cl)c(F)c2)c(C2CCCN(C(=O)Cn3cccn3)C2)n1. The number of rotatable bonds is 5. The summed E-state index contributed by atoms with van der Waals surface area (Å²) in [6.45, 7) is 1.46. The van der Waals surface area contributed by atoms with Crippen molar-refractivity contribution in [3.63, 3.8) is 0 Å². The second kappa shape index (κ2) is 9.01. The second-order valence-electron chi connectivity index (χ2n) is 7.87. The van der Waals surface area contributed by atoms with Gasteiger partial charge in [-0.1, -0.05) is 17.7 Å². The fourth-order valence-corrected chi connectivity index (χ4v) is 3.97. The maximum atomic E-state index is 14.2. The molecular weight excluding hydrogens is 419 g/mol. The van der Waals surface area contributed by atoms with Gasteiger partial charge in [0, 0.05) is 57.3 Å². The molecule has 1 atom stereocenters. The van der Waals surface area contributed by atoms with Crippen molar-refractivity contribution >= 4 is 23.5 Å². The van der Waals surface area contributed by atoms with Gasteiger partial charge in [-0.3, -0.25) is 9.48 Å². The summed E-state index contributed by atoms with van der Waals surface area (Å²) in [4.78, 5) is 25.7. The van der Waals surface area contributed by atoms with E-state index < -0.39 is 5.82 Å². The molecule has 1 fully saturated rings. The number of amides is 1. The van der Waals surface area contributed by atoms with Crippen molar-refractivity contribution < 1.29 is 9.18 Å². The normalized spacial score (nSPS) is 16.4. The highest BCUT2D eigenvalue weighted by molar-refractivity contribution is 6.30. The van der Waals surface area contributed by atoms with Crippen molar-refractivity contribution in [3.8, 4) is 11.1 Å². The molecule has 7 nitrogen and oxygen atoms in total. The molecule has 0 N–H and O–H groups in total. The molecule has 162 valence electrons. The first-order valence-corrected chi connectivity index (χ1v) is 10.5. The Labute approximate surface area is 185 Å². The van der Waals surface area contributed by atoms with Crippen LogP contribution in [0.2, 0.25) is 5.02 Å². The van der Waals surface area contributed by atoms with Gasteiger partial charge >= 0.3 is 0 Å². The lowest BCUT2D eigenvalue weighted by Crippen LogP contribution is -2.41. The van der Waals surface area contributed by atoms with Gasteiger partial charge in [0.25, 0.3) is 0 Å². The Balaban J connectivity index is 1.65. The van der Waals surface area contributed by atoms with Crippen LogP contribution < -0.4 is 4.90 Å². The van der Waals surface area contributed by atoms with Gasteiger partial charge < -0.3 is 9.80 Å². The third-order valence-electron chi connectivity index (χ3n) is 5.45. The number of likely N-dealkylation sites (tertiary alicyclic amines) is 1. The van der Waals surface area contributed by atoms with E-state index >= 15 is 0 Å². The summed E-state index contributed by atoms with van der Waals surface area (Å²) in [7, 11) is 3.75. The summed E-state index contributed by atoms with van der Waals surface area (Å²) >= 11 is 5.87. The van der Waals surface area contributed by atoms with Crippen molar-refractivity contribution in [2.24, 2.45) is 0 Å². The molecular formula is C22H24ClFN6O. The lowest BCUT2D eigenvalue weighted by molar-refractivity contribution is -0.133. The highest BCUT2D eigenvalue weighted by atomic mass is 35.5. The molecule has 31 heavy (non-hydrogen) atoms. The van der Waals surface area contributed by atoms with Crippen LogP contribution in [0.4, 0.5) is 10.3 Å². The number of hydrogen-bond acceptors (Lipinski definition) is 5. The van der Waals surface area contributed by atoms with Crippen LogP contribution >= 0.6 is 11.6 Å². The molecule has 0 bridgehead atoms. The topological polar surface area (TPSA) is 67.2 Å². The number of carbonyl (C=O) groups excluding carboxylic acids is 1. The molecule has 0 radical (unpaired) electrons. The van der Waals surface area contributed by atoms with Crippen LogP contribution in [-0.4, -0.2) is 57.7 Å². The summed E-state index contributed by atoms with van der Waals surface area (Å²) in [6, 6.07) is 6.51. The first-order chi connectivity index (χ1) is 14.9. The molecule has 4 rings (SSSR count). The molecule has 1 aliphatic heterocycles. The van der Waals surface area contributed by atoms with Gasteiger partial charge in [-0.05, 0) is 36.6 Å². The minimum absolute atomic E-state index is 0.0192. The van der Waals surface area contributed by atoms with Gasteiger partial charge in [0.1, 0.15) is 12.4 Å². The second-order valence-corrected chi connectivity index (χ2v) is 8.28. The van der Waals surface area contributed by atoms with E-state index in [1.165, 1.54) is 12.1 Å². The van der Waals surface area contributed by atoms with Gasteiger partial charge in [0.15, 0.2) is 0 Å². The van der Waals surface area contributed by atoms with Crippen molar-refractivity contribution in [2.75, 3.05) is 32.1 Å². The average molecular weight is 443 g/mol. The van der Waals surface area contributed by atoms with Crippen molar-refractivity contribution in [2.45, 2.75) is 25.3 Å². The Bertz CT molecular complexity index is 1070. The van der Waals surface area contributed by atoms with E-state index in [-0.39, 0.29) is 23.4 Å². The molecule has 9 heteroatoms. The smallest absolute Gasteiger partial charge is 0.244 e. The van der Waals surface area contributed by atoms with Crippen LogP contribution in [0.25, 0.3) is 11.1 Å². The van der Waals surface area contributed by atoms with Crippen molar-refractivity contribution in [3.05, 3.63) is 59.4 Å². The lowest BCUT2D eigenvalue weighted by atomic mass is 9.90. The third kappa shape index (κ3) is 4.69. The van der Waals surface area contributed by atoms with Gasteiger partial charge in [-0.25, -0.2) is 14.4 Å². The number of anilines is 1. The molecule has 3 heterocycles. The molecule has 1 saturated heterocycles. The lowest BCUT2D eigenvalue weighted by Gasteiger charge is -2.33. The minimum atomic E-state index is -0.485. The van der Waals surface area contributed by atoms with Gasteiger partial charge in [-0.2, -0.15) is 5.10 Å². The average Bonchev–Trinajstić information content (AvgIpc) is 3.28. The molecule has 1 aromatic carbocycles. The fraction of sp³-hybridized carbons (Fsp3) is 0.364. The predicted molar refractivity (Wildman–Crippen MR) is 118 cm³/mol. The van der Waals surface area contributed by atoms with Crippen molar-refractivity contribution in [1.29, 1.82) is 0 Å². The van der Waals surface area contributed by atoms with E-state index in [1.54, 1.807) is 35.4 Å². The standard InChI is InChI=1S/C22H24ClFN6O/c1-28(2)22-25-12-17(15-6-7-18(23)19(24)11-15)21(27-22)16-5-3-9-29(13-16)20(31)14-30-10-4-8-26-30/h4,6-8,10-12,16H,3,5,9,13-14H2,1-2H3. The van der Waals surface area contributed by atoms with Crippen LogP contribution in [0.3, 0.4) is 0 Å². The van der Waals surface area contributed by atoms with E-state index in [9.17, 15) is 9.18 Å². The Kier molecular flexibility index (Phi) is 6.18. The number of carbonyl (C=O) groups is 1. The molecule has 2 aromatic heterocycles. The van der Waals surface area contributed by atoms with Crippen LogP contribution in [0, 0.1) is 5.82 Å². The monoisotopic (exact) mass is 442 g/mol. The number of piperidine rings is 1. The molecule has 3 aromatic rings. The Hall–Kier alpha value is -3.00. The van der Waals surface area contributed by atoms with Gasteiger partial charge in [0.2, 0.25) is 11.9 Å². The molecule has 0 spiro atoms. The van der Waals surface area contributed by atoms with E-state index in [4.69, 9.17) is 16.6 Å². The quantitative estimate of drug-likeness (QED) is 0.604. The number of halogens is 2. The zero-order chi connectivity index (χ0) is 22.0. The zero-order valence-electron chi connectivity index (χ0n) is 17.5. The summed E-state index contributed by atoms with van der Waals surface area (Å²) in [5.41, 5.74) is 2.24. The fourth-order valence-electron chi connectivity index (χ4n) is 3.86. The van der Waals surface area contributed by atoms with Crippen LogP contribution in [-0.2, 0) is 11.3 Å². The summed E-state index contributed by atoms with van der Waals surface area (Å²) in [5, 5.41) is 4.20. The Morgan fingerprint density at radius 3 is 2.90 bits per heavy atom. The summed E-state index contributed by atoms with van der Waals surface area (Å²) in [5.74, 6) is 0.134. The molecule has 0 aliphatic carbocycles. The summed E-state index contributed by atoms with van der Waals surface area (Å²) in [6.07, 6.45) is 6.92. The van der Waals surface area contributed by atoms with Gasteiger partial charge in [-0.15, -0.1) is 0 Å². The third-order valence-corrected chi connectivity index (χ3v) is 5.76. The molecule has 1 unspecified atom stereocenters. The number of benzene rings is 1. The first kappa shape index (κ1) is 21.2. The highest BCUT2D eigenvalue weighted by Crippen LogP contribution is 2.35. The zero-order valence-corrected chi connectivity index (χ0v) is 18.3. The molecule has 1 aliphatic rings. The van der Waals surface area contributed by atoms with E-state index in [2.05, 4.69) is 10.1 Å². The maximum absolute atomic E-state index is 14.2. The van der Waals surface area contributed by atoms with E-state index in [0.717, 1.165) is 24.1 Å². The minimum Gasteiger partial charge on any atom is -0.347 e. The van der Waals surface area contributed by atoms with Crippen LogP contribution in [0.5, 0.6) is 0 Å². The molecule has 0 saturated carbocycles. The highest BCUT2D eigenvalue weighted by Gasteiger charge is 2.28. The number of hydrogen-bond donors (Lipinski definition) is 0. The van der Waals surface area contributed by atoms with Crippen molar-refractivity contribution in [1.82, 2.24) is 24.6 Å². The molecule has 1 amide bonds. The van der Waals surface area contributed by atoms with E-state index in [0.29, 0.717) is 24.6 Å². The summed E-state index contributed by atoms with van der Waals surface area (Å²) < 4.78 is 15.8. The van der Waals surface area contributed by atoms with Crippen LogP contribution in [0.1, 0.15) is 24.5 Å². The Morgan fingerprint density at radius 2 is 2.19 bits per heavy atom. The first-order valence-electron chi connectivity index (χ1n) is 10.2. The van der Waals surface area contributed by atoms with E-state index in [1.807, 2.05) is 23.9 Å². The number of nitrogens with zero attached hydrogens (tertiary/aromatic N) is 6. The predicted octanol–water partition coefficient (Wildman–Crippen LogP) is 3.60. The largest absolute Gasteiger partial charge is 0.347 e. The number of aromatic nitrogens is 4. The maximum Gasteiger partial charge on any atom is 0.244 e.